The van der Waals surface area contributed by atoms with Crippen LogP contribution in [0.5, 0.6) is 0 Å². The van der Waals surface area contributed by atoms with Crippen molar-refractivity contribution in [2.75, 3.05) is 6.61 Å². The molecule has 1 atom stereocenters. The van der Waals surface area contributed by atoms with Crippen LogP contribution in [0.3, 0.4) is 0 Å². The molecule has 0 saturated heterocycles. The van der Waals surface area contributed by atoms with E-state index in [0.717, 1.165) is 30.9 Å². The first-order chi connectivity index (χ1) is 22.9. The second kappa shape index (κ2) is 15.1. The summed E-state index contributed by atoms with van der Waals surface area (Å²) in [6, 6.07) is 27.6. The van der Waals surface area contributed by atoms with Gasteiger partial charge < -0.3 is 14.3 Å². The molecule has 252 valence electrons. The molecule has 12 heteroatoms. The van der Waals surface area contributed by atoms with Gasteiger partial charge in [-0.25, -0.2) is 22.9 Å². The molecular weight excluding hydrogens is 632 g/mol. The number of hydrogen-bond donors (Lipinski definition) is 2. The van der Waals surface area contributed by atoms with Crippen molar-refractivity contribution >= 4 is 22.1 Å². The van der Waals surface area contributed by atoms with Gasteiger partial charge in [0.15, 0.2) is 5.03 Å². The molecule has 2 N–H and O–H groups in total. The van der Waals surface area contributed by atoms with Crippen molar-refractivity contribution in [2.24, 2.45) is 0 Å². The Kier molecular flexibility index (Phi) is 10.9. The molecule has 5 rings (SSSR count). The third-order valence-electron chi connectivity index (χ3n) is 8.00. The Hall–Kier alpha value is -4.65. The van der Waals surface area contributed by atoms with Crippen molar-refractivity contribution in [2.45, 2.75) is 75.1 Å². The standard InChI is InChI=1S/C36H40N4O7S/c1-26(41)47-39-34(42)46-35(2,3)23-30-12-9-13-31(38-30)32(40-48(43,44)33-14-7-8-21-37-33)22-27-15-17-29(18-16-27)36(19-20-36)25-45-24-28-10-5-4-6-11-28/h4-18,21,32,40H,19-20,22-25H2,1-3H3,(H,39,42). The molecule has 1 aliphatic rings. The van der Waals surface area contributed by atoms with E-state index in [1.54, 1.807) is 44.2 Å². The second-order valence-electron chi connectivity index (χ2n) is 12.6. The van der Waals surface area contributed by atoms with Crippen molar-refractivity contribution in [3.63, 3.8) is 0 Å². The van der Waals surface area contributed by atoms with E-state index >= 15 is 0 Å². The minimum atomic E-state index is -4.00. The highest BCUT2D eigenvalue weighted by atomic mass is 32.2. The molecule has 2 heterocycles. The number of nitrogens with one attached hydrogen (secondary N) is 2. The summed E-state index contributed by atoms with van der Waals surface area (Å²) < 4.78 is 41.2. The first-order valence-corrected chi connectivity index (χ1v) is 17.2. The lowest BCUT2D eigenvalue weighted by atomic mass is 9.94. The minimum Gasteiger partial charge on any atom is -0.441 e. The summed E-state index contributed by atoms with van der Waals surface area (Å²) >= 11 is 0. The molecule has 1 aliphatic carbocycles. The van der Waals surface area contributed by atoms with Crippen molar-refractivity contribution in [1.29, 1.82) is 0 Å². The van der Waals surface area contributed by atoms with Crippen LogP contribution in [-0.4, -0.2) is 42.7 Å². The zero-order valence-corrected chi connectivity index (χ0v) is 28.0. The van der Waals surface area contributed by atoms with Gasteiger partial charge in [0.1, 0.15) is 5.60 Å². The lowest BCUT2D eigenvalue weighted by Crippen LogP contribution is -2.37. The molecule has 1 amide bonds. The van der Waals surface area contributed by atoms with E-state index in [9.17, 15) is 18.0 Å². The topological polar surface area (TPSA) is 146 Å². The van der Waals surface area contributed by atoms with E-state index in [2.05, 4.69) is 38.8 Å². The fourth-order valence-corrected chi connectivity index (χ4v) is 6.60. The van der Waals surface area contributed by atoms with Crippen LogP contribution < -0.4 is 10.2 Å². The Labute approximate surface area is 281 Å². The average Bonchev–Trinajstić information content (AvgIpc) is 3.85. The number of hydrogen-bond acceptors (Lipinski definition) is 9. The molecule has 1 saturated carbocycles. The molecule has 1 fully saturated rings. The molecule has 2 aromatic carbocycles. The SMILES string of the molecule is CC(=O)ONC(=O)OC(C)(C)Cc1cccc(C(Cc2ccc(C3(COCc4ccccc4)CC3)cc2)NS(=O)(=O)c2ccccn2)n1. The van der Waals surface area contributed by atoms with E-state index in [-0.39, 0.29) is 16.9 Å². The molecule has 0 bridgehead atoms. The summed E-state index contributed by atoms with van der Waals surface area (Å²) in [4.78, 5) is 36.4. The van der Waals surface area contributed by atoms with Gasteiger partial charge in [0.25, 0.3) is 10.0 Å². The minimum absolute atomic E-state index is 0.00681. The summed E-state index contributed by atoms with van der Waals surface area (Å²) in [6.07, 6.45) is 3.14. The maximum Gasteiger partial charge on any atom is 0.441 e. The Bertz CT molecular complexity index is 1800. The van der Waals surface area contributed by atoms with Crippen LogP contribution >= 0.6 is 0 Å². The number of rotatable bonds is 14. The van der Waals surface area contributed by atoms with Crippen molar-refractivity contribution in [1.82, 2.24) is 20.2 Å². The zero-order valence-electron chi connectivity index (χ0n) is 27.2. The molecular formula is C36H40N4O7S. The number of amides is 1. The van der Waals surface area contributed by atoms with Crippen LogP contribution in [0, 0.1) is 0 Å². The number of benzene rings is 2. The van der Waals surface area contributed by atoms with E-state index in [4.69, 9.17) is 14.5 Å². The van der Waals surface area contributed by atoms with E-state index in [1.165, 1.54) is 17.8 Å². The van der Waals surface area contributed by atoms with Crippen LogP contribution in [0.2, 0.25) is 0 Å². The number of ether oxygens (including phenoxy) is 2. The first kappa shape index (κ1) is 34.7. The van der Waals surface area contributed by atoms with E-state index in [0.29, 0.717) is 31.0 Å². The van der Waals surface area contributed by atoms with Crippen LogP contribution in [0.4, 0.5) is 4.79 Å². The molecule has 0 radical (unpaired) electrons. The second-order valence-corrected chi connectivity index (χ2v) is 14.2. The molecule has 0 aliphatic heterocycles. The number of nitrogens with zero attached hydrogens (tertiary/aromatic N) is 2. The Morgan fingerprint density at radius 3 is 2.31 bits per heavy atom. The molecule has 2 aromatic heterocycles. The smallest absolute Gasteiger partial charge is 0.441 e. The maximum absolute atomic E-state index is 13.4. The van der Waals surface area contributed by atoms with Gasteiger partial charge in [-0.15, -0.1) is 5.48 Å². The summed E-state index contributed by atoms with van der Waals surface area (Å²) in [7, 11) is -4.00. The quantitative estimate of drug-likeness (QED) is 0.166. The first-order valence-electron chi connectivity index (χ1n) is 15.7. The number of carbonyl (C=O) groups excluding carboxylic acids is 2. The summed E-state index contributed by atoms with van der Waals surface area (Å²) in [5, 5.41) is -0.0963. The van der Waals surface area contributed by atoms with Crippen molar-refractivity contribution < 1.29 is 32.3 Å². The number of carbonyl (C=O) groups is 2. The zero-order chi connectivity index (χ0) is 34.2. The van der Waals surface area contributed by atoms with E-state index in [1.807, 2.05) is 35.8 Å². The van der Waals surface area contributed by atoms with Gasteiger partial charge in [-0.2, -0.15) is 0 Å². The highest BCUT2D eigenvalue weighted by Gasteiger charge is 2.44. The lowest BCUT2D eigenvalue weighted by Gasteiger charge is -2.25. The summed E-state index contributed by atoms with van der Waals surface area (Å²) in [5.74, 6) is -0.687. The van der Waals surface area contributed by atoms with Gasteiger partial charge in [0.2, 0.25) is 0 Å². The molecule has 1 unspecified atom stereocenters. The van der Waals surface area contributed by atoms with E-state index < -0.39 is 33.7 Å². The Balaban J connectivity index is 1.32. The Morgan fingerprint density at radius 1 is 0.917 bits per heavy atom. The molecule has 4 aromatic rings. The lowest BCUT2D eigenvalue weighted by molar-refractivity contribution is -0.147. The summed E-state index contributed by atoms with van der Waals surface area (Å²) in [6.45, 7) is 5.74. The van der Waals surface area contributed by atoms with Crippen molar-refractivity contribution in [3.8, 4) is 0 Å². The van der Waals surface area contributed by atoms with Gasteiger partial charge in [-0.1, -0.05) is 66.7 Å². The Morgan fingerprint density at radius 2 is 1.65 bits per heavy atom. The van der Waals surface area contributed by atoms with Crippen molar-refractivity contribution in [3.05, 3.63) is 125 Å². The predicted molar refractivity (Wildman–Crippen MR) is 178 cm³/mol. The fourth-order valence-electron chi connectivity index (χ4n) is 5.44. The van der Waals surface area contributed by atoms with Gasteiger partial charge in [0, 0.05) is 30.7 Å². The largest absolute Gasteiger partial charge is 0.441 e. The van der Waals surface area contributed by atoms with Crippen LogP contribution in [0.15, 0.2) is 102 Å². The highest BCUT2D eigenvalue weighted by Crippen LogP contribution is 2.48. The normalized spacial score (nSPS) is 14.5. The third-order valence-corrected chi connectivity index (χ3v) is 9.39. The highest BCUT2D eigenvalue weighted by molar-refractivity contribution is 7.89. The summed E-state index contributed by atoms with van der Waals surface area (Å²) in [5.41, 5.74) is 5.22. The number of sulfonamides is 1. The number of hydroxylamine groups is 1. The molecule has 11 nitrogen and oxygen atoms in total. The fraction of sp³-hybridized carbons (Fsp3) is 0.333. The van der Waals surface area contributed by atoms with Gasteiger partial charge in [-0.05, 0) is 74.1 Å². The van der Waals surface area contributed by atoms with Crippen LogP contribution in [-0.2, 0) is 54.0 Å². The molecule has 0 spiro atoms. The average molecular weight is 673 g/mol. The van der Waals surface area contributed by atoms with Crippen LogP contribution in [0.25, 0.3) is 0 Å². The third kappa shape index (κ3) is 9.69. The predicted octanol–water partition coefficient (Wildman–Crippen LogP) is 5.51. The maximum atomic E-state index is 13.4. The van der Waals surface area contributed by atoms with Gasteiger partial charge in [-0.3, -0.25) is 9.78 Å². The number of aromatic nitrogens is 2. The number of pyridine rings is 2. The van der Waals surface area contributed by atoms with Crippen LogP contribution in [0.1, 0.15) is 67.7 Å². The van der Waals surface area contributed by atoms with Gasteiger partial charge >= 0.3 is 12.1 Å². The monoisotopic (exact) mass is 672 g/mol. The molecule has 48 heavy (non-hydrogen) atoms. The van der Waals surface area contributed by atoms with Gasteiger partial charge in [0.05, 0.1) is 24.9 Å².